The number of amides is 1. The Kier molecular flexibility index (Phi) is 7.42. The summed E-state index contributed by atoms with van der Waals surface area (Å²) in [7, 11) is -3.61. The second-order valence-corrected chi connectivity index (χ2v) is 10.6. The quantitative estimate of drug-likeness (QED) is 0.518. The van der Waals surface area contributed by atoms with Gasteiger partial charge in [0.2, 0.25) is 0 Å². The summed E-state index contributed by atoms with van der Waals surface area (Å²) in [5, 5.41) is 7.22. The molecule has 2 aromatic carbocycles. The van der Waals surface area contributed by atoms with Crippen LogP contribution in [-0.4, -0.2) is 49.0 Å². The van der Waals surface area contributed by atoms with E-state index in [1.165, 1.54) is 17.7 Å². The summed E-state index contributed by atoms with van der Waals surface area (Å²) in [6, 6.07) is 15.9. The van der Waals surface area contributed by atoms with Gasteiger partial charge in [-0.25, -0.2) is 8.42 Å². The number of hydrogen-bond acceptors (Lipinski definition) is 7. The van der Waals surface area contributed by atoms with E-state index in [1.54, 1.807) is 18.2 Å². The summed E-state index contributed by atoms with van der Waals surface area (Å²) >= 11 is 5.94. The van der Waals surface area contributed by atoms with Crippen molar-refractivity contribution in [2.24, 2.45) is 5.92 Å². The number of halogens is 1. The van der Waals surface area contributed by atoms with Crippen molar-refractivity contribution in [2.45, 2.75) is 30.0 Å². The van der Waals surface area contributed by atoms with Gasteiger partial charge in [0, 0.05) is 18.1 Å². The van der Waals surface area contributed by atoms with E-state index in [0.717, 1.165) is 37.5 Å². The highest BCUT2D eigenvalue weighted by atomic mass is 35.5. The normalized spacial score (nSPS) is 15.4. The van der Waals surface area contributed by atoms with Crippen molar-refractivity contribution in [3.05, 3.63) is 76.9 Å². The van der Waals surface area contributed by atoms with Gasteiger partial charge in [-0.05, 0) is 61.7 Å². The van der Waals surface area contributed by atoms with Crippen molar-refractivity contribution < 1.29 is 17.7 Å². The van der Waals surface area contributed by atoms with Crippen molar-refractivity contribution >= 4 is 27.3 Å². The first-order valence-corrected chi connectivity index (χ1v) is 12.8. The molecule has 0 saturated carbocycles. The monoisotopic (exact) mass is 488 g/mol. The third-order valence-corrected chi connectivity index (χ3v) is 7.54. The van der Waals surface area contributed by atoms with Gasteiger partial charge in [-0.3, -0.25) is 9.69 Å². The van der Waals surface area contributed by atoms with E-state index in [2.05, 4.69) is 20.4 Å². The summed E-state index contributed by atoms with van der Waals surface area (Å²) in [6.45, 7) is 3.29. The molecule has 0 bridgehead atoms. The average Bonchev–Trinajstić information content (AvgIpc) is 3.28. The number of sulfone groups is 1. The average molecular weight is 489 g/mol. The maximum atomic E-state index is 12.4. The SMILES string of the molecule is O=C(NCC1CCN(Cc2ccc(Cl)cc2)CC1)c1nc(CS(=O)(=O)c2ccccc2)no1. The number of carbonyl (C=O) groups is 1. The molecule has 174 valence electrons. The molecule has 1 N–H and O–H groups in total. The van der Waals surface area contributed by atoms with Crippen molar-refractivity contribution in [3.63, 3.8) is 0 Å². The Morgan fingerprint density at radius 3 is 2.48 bits per heavy atom. The lowest BCUT2D eigenvalue weighted by atomic mass is 9.96. The van der Waals surface area contributed by atoms with Gasteiger partial charge in [0.05, 0.1) is 4.90 Å². The highest BCUT2D eigenvalue weighted by Crippen LogP contribution is 2.20. The molecule has 1 aliphatic rings. The zero-order chi connectivity index (χ0) is 23.3. The first-order chi connectivity index (χ1) is 15.9. The van der Waals surface area contributed by atoms with E-state index in [9.17, 15) is 13.2 Å². The van der Waals surface area contributed by atoms with Gasteiger partial charge in [-0.2, -0.15) is 4.98 Å². The molecule has 1 saturated heterocycles. The molecule has 3 aromatic rings. The number of aromatic nitrogens is 2. The van der Waals surface area contributed by atoms with Crippen LogP contribution in [0.25, 0.3) is 0 Å². The van der Waals surface area contributed by atoms with Crippen LogP contribution < -0.4 is 5.32 Å². The van der Waals surface area contributed by atoms with E-state index in [1.807, 2.05) is 24.3 Å². The Morgan fingerprint density at radius 1 is 1.09 bits per heavy atom. The first kappa shape index (κ1) is 23.4. The molecule has 0 aliphatic carbocycles. The third-order valence-electron chi connectivity index (χ3n) is 5.66. The summed E-state index contributed by atoms with van der Waals surface area (Å²) in [4.78, 5) is 18.9. The fraction of sp³-hybridized carbons (Fsp3) is 0.348. The van der Waals surface area contributed by atoms with Crippen LogP contribution in [-0.2, 0) is 22.1 Å². The molecule has 1 aromatic heterocycles. The molecule has 1 aliphatic heterocycles. The van der Waals surface area contributed by atoms with Crippen LogP contribution in [0.15, 0.2) is 64.0 Å². The highest BCUT2D eigenvalue weighted by Gasteiger charge is 2.23. The molecule has 1 fully saturated rings. The first-order valence-electron chi connectivity index (χ1n) is 10.7. The third kappa shape index (κ3) is 6.40. The molecule has 4 rings (SSSR count). The molecule has 0 radical (unpaired) electrons. The summed E-state index contributed by atoms with van der Waals surface area (Å²) in [5.41, 5.74) is 1.23. The van der Waals surface area contributed by atoms with Crippen LogP contribution in [0.2, 0.25) is 5.02 Å². The van der Waals surface area contributed by atoms with E-state index < -0.39 is 21.5 Å². The van der Waals surface area contributed by atoms with Gasteiger partial charge in [-0.15, -0.1) is 0 Å². The number of likely N-dealkylation sites (tertiary alicyclic amines) is 1. The molecule has 0 spiro atoms. The van der Waals surface area contributed by atoms with Crippen molar-refractivity contribution in [1.82, 2.24) is 20.4 Å². The molecule has 0 atom stereocenters. The van der Waals surface area contributed by atoms with Crippen molar-refractivity contribution in [3.8, 4) is 0 Å². The number of benzene rings is 2. The van der Waals surface area contributed by atoms with E-state index in [4.69, 9.17) is 16.1 Å². The van der Waals surface area contributed by atoms with Crippen LogP contribution in [0.3, 0.4) is 0 Å². The second kappa shape index (κ2) is 10.5. The minimum atomic E-state index is -3.61. The van der Waals surface area contributed by atoms with Gasteiger partial charge in [0.15, 0.2) is 15.7 Å². The van der Waals surface area contributed by atoms with Crippen molar-refractivity contribution in [2.75, 3.05) is 19.6 Å². The van der Waals surface area contributed by atoms with Crippen LogP contribution in [0, 0.1) is 5.92 Å². The maximum Gasteiger partial charge on any atom is 0.315 e. The number of piperidine rings is 1. The molecule has 8 nitrogen and oxygen atoms in total. The number of hydrogen-bond donors (Lipinski definition) is 1. The minimum Gasteiger partial charge on any atom is -0.348 e. The smallest absolute Gasteiger partial charge is 0.315 e. The zero-order valence-corrected chi connectivity index (χ0v) is 19.6. The molecule has 0 unspecified atom stereocenters. The zero-order valence-electron chi connectivity index (χ0n) is 18.0. The lowest BCUT2D eigenvalue weighted by molar-refractivity contribution is 0.0891. The molecule has 10 heteroatoms. The Balaban J connectivity index is 1.23. The summed E-state index contributed by atoms with van der Waals surface area (Å²) in [6.07, 6.45) is 1.94. The maximum absolute atomic E-state index is 12.4. The minimum absolute atomic E-state index is 0.0421. The van der Waals surface area contributed by atoms with Crippen LogP contribution >= 0.6 is 11.6 Å². The van der Waals surface area contributed by atoms with E-state index in [-0.39, 0.29) is 16.6 Å². The van der Waals surface area contributed by atoms with E-state index >= 15 is 0 Å². The largest absolute Gasteiger partial charge is 0.348 e. The molecule has 33 heavy (non-hydrogen) atoms. The van der Waals surface area contributed by atoms with Gasteiger partial charge in [0.25, 0.3) is 0 Å². The fourth-order valence-electron chi connectivity index (χ4n) is 3.80. The molecule has 1 amide bonds. The lowest BCUT2D eigenvalue weighted by Gasteiger charge is -2.32. The number of nitrogens with one attached hydrogen (secondary N) is 1. The number of rotatable bonds is 8. The van der Waals surface area contributed by atoms with Gasteiger partial charge in [0.1, 0.15) is 5.75 Å². The molecular weight excluding hydrogens is 464 g/mol. The second-order valence-electron chi connectivity index (χ2n) is 8.14. The fourth-order valence-corrected chi connectivity index (χ4v) is 5.12. The van der Waals surface area contributed by atoms with Gasteiger partial charge >= 0.3 is 11.8 Å². The van der Waals surface area contributed by atoms with Gasteiger partial charge in [-0.1, -0.05) is 47.1 Å². The Bertz CT molecular complexity index is 1170. The predicted molar refractivity (Wildman–Crippen MR) is 123 cm³/mol. The standard InChI is InChI=1S/C23H25ClN4O4S/c24-19-8-6-18(7-9-19)15-28-12-10-17(11-13-28)14-25-22(29)23-26-21(27-32-23)16-33(30,31)20-4-2-1-3-5-20/h1-9,17H,10-16H2,(H,25,29). The topological polar surface area (TPSA) is 105 Å². The number of nitrogens with zero attached hydrogens (tertiary/aromatic N) is 3. The lowest BCUT2D eigenvalue weighted by Crippen LogP contribution is -2.38. The molecular formula is C23H25ClN4O4S. The summed E-state index contributed by atoms with van der Waals surface area (Å²) in [5.74, 6) is -0.835. The Labute approximate surface area is 197 Å². The Hall–Kier alpha value is -2.75. The van der Waals surface area contributed by atoms with Crippen LogP contribution in [0.5, 0.6) is 0 Å². The molecule has 2 heterocycles. The Morgan fingerprint density at radius 2 is 1.79 bits per heavy atom. The van der Waals surface area contributed by atoms with Gasteiger partial charge < -0.3 is 9.84 Å². The van der Waals surface area contributed by atoms with Crippen LogP contribution in [0.4, 0.5) is 0 Å². The highest BCUT2D eigenvalue weighted by molar-refractivity contribution is 7.90. The predicted octanol–water partition coefficient (Wildman–Crippen LogP) is 3.34. The van der Waals surface area contributed by atoms with Crippen molar-refractivity contribution in [1.29, 1.82) is 0 Å². The van der Waals surface area contributed by atoms with Crippen LogP contribution in [0.1, 0.15) is 34.9 Å². The number of carbonyl (C=O) groups excluding carboxylic acids is 1. The summed E-state index contributed by atoms with van der Waals surface area (Å²) < 4.78 is 29.9. The van der Waals surface area contributed by atoms with E-state index in [0.29, 0.717) is 12.5 Å².